The Labute approximate surface area is 175 Å². The molecule has 2 heterocycles. The van der Waals surface area contributed by atoms with Crippen LogP contribution in [0, 0.1) is 19.7 Å². The van der Waals surface area contributed by atoms with Crippen LogP contribution in [0.15, 0.2) is 53.6 Å². The van der Waals surface area contributed by atoms with Gasteiger partial charge in [-0.3, -0.25) is 4.79 Å². The predicted molar refractivity (Wildman–Crippen MR) is 116 cm³/mol. The van der Waals surface area contributed by atoms with Gasteiger partial charge in [0.15, 0.2) is 0 Å². The molecule has 1 amide bonds. The zero-order valence-corrected chi connectivity index (χ0v) is 17.4. The van der Waals surface area contributed by atoms with E-state index in [1.807, 2.05) is 38.1 Å². The van der Waals surface area contributed by atoms with E-state index in [0.717, 1.165) is 26.5 Å². The Balaban J connectivity index is 1.57. The molecule has 0 saturated heterocycles. The summed E-state index contributed by atoms with van der Waals surface area (Å²) in [6.07, 6.45) is 0. The van der Waals surface area contributed by atoms with E-state index >= 15 is 0 Å². The lowest BCUT2D eigenvalue weighted by Crippen LogP contribution is -2.15. The molecule has 0 aliphatic heterocycles. The third-order valence-corrected chi connectivity index (χ3v) is 6.14. The van der Waals surface area contributed by atoms with Crippen molar-refractivity contribution >= 4 is 44.9 Å². The highest BCUT2D eigenvalue weighted by atomic mass is 32.2. The van der Waals surface area contributed by atoms with Gasteiger partial charge in [0.25, 0.3) is 0 Å². The highest BCUT2D eigenvalue weighted by Gasteiger charge is 2.17. The molecule has 0 unspecified atom stereocenters. The van der Waals surface area contributed by atoms with E-state index in [1.54, 1.807) is 23.5 Å². The van der Waals surface area contributed by atoms with E-state index < -0.39 is 5.82 Å². The molecule has 146 valence electrons. The fraction of sp³-hybridized carbons (Fsp3) is 0.143. The van der Waals surface area contributed by atoms with Gasteiger partial charge in [-0.05, 0) is 26.0 Å². The van der Waals surface area contributed by atoms with Crippen molar-refractivity contribution in [1.82, 2.24) is 15.2 Å². The van der Waals surface area contributed by atoms with Crippen LogP contribution in [0.5, 0.6) is 0 Å². The zero-order valence-electron chi connectivity index (χ0n) is 15.8. The third-order valence-electron chi connectivity index (χ3n) is 4.21. The number of hydrogen-bond donors (Lipinski definition) is 1. The molecule has 29 heavy (non-hydrogen) atoms. The fourth-order valence-electron chi connectivity index (χ4n) is 2.80. The number of nitrogens with zero attached hydrogens (tertiary/aromatic N) is 3. The topological polar surface area (TPSA) is 67.8 Å². The first kappa shape index (κ1) is 19.5. The Morgan fingerprint density at radius 1 is 1.10 bits per heavy atom. The Morgan fingerprint density at radius 2 is 1.86 bits per heavy atom. The number of anilines is 1. The minimum Gasteiger partial charge on any atom is -0.323 e. The van der Waals surface area contributed by atoms with Gasteiger partial charge < -0.3 is 5.32 Å². The molecule has 0 aliphatic rings. The molecule has 5 nitrogen and oxygen atoms in total. The predicted octanol–water partition coefficient (Wildman–Crippen LogP) is 5.24. The van der Waals surface area contributed by atoms with Crippen molar-refractivity contribution in [2.75, 3.05) is 11.1 Å². The van der Waals surface area contributed by atoms with E-state index in [1.165, 1.54) is 29.5 Å². The first-order valence-electron chi connectivity index (χ1n) is 8.89. The molecule has 0 spiro atoms. The van der Waals surface area contributed by atoms with Gasteiger partial charge in [0, 0.05) is 5.56 Å². The molecule has 0 bridgehead atoms. The second-order valence-electron chi connectivity index (χ2n) is 6.45. The summed E-state index contributed by atoms with van der Waals surface area (Å²) in [4.78, 5) is 16.8. The molecule has 8 heteroatoms. The Kier molecular flexibility index (Phi) is 5.55. The number of thiazole rings is 1. The quantitative estimate of drug-likeness (QED) is 0.444. The van der Waals surface area contributed by atoms with Gasteiger partial charge in [0.2, 0.25) is 5.91 Å². The number of rotatable bonds is 5. The van der Waals surface area contributed by atoms with Gasteiger partial charge in [0.05, 0.1) is 21.1 Å². The van der Waals surface area contributed by atoms with Gasteiger partial charge >= 0.3 is 0 Å². The van der Waals surface area contributed by atoms with Crippen LogP contribution in [0.3, 0.4) is 0 Å². The van der Waals surface area contributed by atoms with Gasteiger partial charge in [-0.15, -0.1) is 21.5 Å². The highest BCUT2D eigenvalue weighted by molar-refractivity contribution is 8.00. The molecule has 0 saturated carbocycles. The third kappa shape index (κ3) is 4.28. The van der Waals surface area contributed by atoms with Crippen LogP contribution in [0.1, 0.15) is 10.6 Å². The standard InChI is InChI=1S/C21H17FN4OS2/c1-12-7-9-14(10-8-12)18-20-19(23-13(2)29-20)21(26-25-18)28-11-17(27)24-16-6-4-3-5-15(16)22/h3-10H,11H2,1-2H3,(H,24,27). The molecule has 4 rings (SSSR count). The molecule has 0 radical (unpaired) electrons. The first-order valence-corrected chi connectivity index (χ1v) is 10.7. The van der Waals surface area contributed by atoms with E-state index in [2.05, 4.69) is 20.5 Å². The summed E-state index contributed by atoms with van der Waals surface area (Å²) in [5.74, 6) is -0.700. The van der Waals surface area contributed by atoms with E-state index in [9.17, 15) is 9.18 Å². The van der Waals surface area contributed by atoms with E-state index in [4.69, 9.17) is 0 Å². The van der Waals surface area contributed by atoms with E-state index in [0.29, 0.717) is 5.03 Å². The largest absolute Gasteiger partial charge is 0.323 e. The minimum absolute atomic E-state index is 0.0819. The van der Waals surface area contributed by atoms with Crippen LogP contribution in [0.25, 0.3) is 21.5 Å². The average Bonchev–Trinajstić information content (AvgIpc) is 3.10. The van der Waals surface area contributed by atoms with Crippen molar-refractivity contribution in [3.8, 4) is 11.3 Å². The molecular weight excluding hydrogens is 407 g/mol. The molecule has 0 aliphatic carbocycles. The van der Waals surface area contributed by atoms with Crippen molar-refractivity contribution in [2.45, 2.75) is 18.9 Å². The smallest absolute Gasteiger partial charge is 0.234 e. The molecule has 0 atom stereocenters. The summed E-state index contributed by atoms with van der Waals surface area (Å²) in [7, 11) is 0. The number of aryl methyl sites for hydroxylation is 2. The lowest BCUT2D eigenvalue weighted by atomic mass is 10.1. The number of thioether (sulfide) groups is 1. The average molecular weight is 425 g/mol. The van der Waals surface area contributed by atoms with Gasteiger partial charge in [-0.1, -0.05) is 53.7 Å². The normalized spacial score (nSPS) is 11.0. The number of benzene rings is 2. The van der Waals surface area contributed by atoms with Crippen molar-refractivity contribution < 1.29 is 9.18 Å². The van der Waals surface area contributed by atoms with E-state index in [-0.39, 0.29) is 17.3 Å². The highest BCUT2D eigenvalue weighted by Crippen LogP contribution is 2.35. The van der Waals surface area contributed by atoms with Crippen LogP contribution in [0.4, 0.5) is 10.1 Å². The molecular formula is C21H17FN4OS2. The summed E-state index contributed by atoms with van der Waals surface area (Å²) in [6.45, 7) is 3.97. The maximum Gasteiger partial charge on any atom is 0.234 e. The SMILES string of the molecule is Cc1ccc(-c2nnc(SCC(=O)Nc3ccccc3F)c3nc(C)sc23)cc1. The monoisotopic (exact) mass is 424 g/mol. The number of halogens is 1. The van der Waals surface area contributed by atoms with Gasteiger partial charge in [0.1, 0.15) is 22.1 Å². The number of carbonyl (C=O) groups excluding carboxylic acids is 1. The summed E-state index contributed by atoms with van der Waals surface area (Å²) >= 11 is 2.79. The Bertz CT molecular complexity index is 1190. The minimum atomic E-state index is -0.467. The number of amides is 1. The maximum atomic E-state index is 13.7. The number of aromatic nitrogens is 3. The first-order chi connectivity index (χ1) is 14.0. The number of fused-ring (bicyclic) bond motifs is 1. The summed E-state index contributed by atoms with van der Waals surface area (Å²) in [5.41, 5.74) is 3.83. The molecule has 4 aromatic rings. The lowest BCUT2D eigenvalue weighted by molar-refractivity contribution is -0.113. The molecule has 0 fully saturated rings. The van der Waals surface area contributed by atoms with Gasteiger partial charge in [-0.2, -0.15) is 0 Å². The zero-order chi connectivity index (χ0) is 20.4. The van der Waals surface area contributed by atoms with Crippen molar-refractivity contribution in [3.05, 3.63) is 64.9 Å². The Hall–Kier alpha value is -2.84. The molecule has 1 N–H and O–H groups in total. The van der Waals surface area contributed by atoms with Gasteiger partial charge in [-0.25, -0.2) is 9.37 Å². The van der Waals surface area contributed by atoms with Crippen LogP contribution >= 0.6 is 23.1 Å². The molecule has 2 aromatic heterocycles. The van der Waals surface area contributed by atoms with Crippen LogP contribution in [-0.2, 0) is 4.79 Å². The van der Waals surface area contributed by atoms with Crippen LogP contribution in [0.2, 0.25) is 0 Å². The summed E-state index contributed by atoms with van der Waals surface area (Å²) in [5, 5.41) is 12.8. The van der Waals surface area contributed by atoms with Crippen molar-refractivity contribution in [3.63, 3.8) is 0 Å². The number of para-hydroxylation sites is 1. The lowest BCUT2D eigenvalue weighted by Gasteiger charge is -2.07. The van der Waals surface area contributed by atoms with Crippen molar-refractivity contribution in [2.24, 2.45) is 0 Å². The summed E-state index contributed by atoms with van der Waals surface area (Å²) < 4.78 is 14.6. The summed E-state index contributed by atoms with van der Waals surface area (Å²) in [6, 6.07) is 14.2. The van der Waals surface area contributed by atoms with Crippen molar-refractivity contribution in [1.29, 1.82) is 0 Å². The maximum absolute atomic E-state index is 13.7. The molecule has 2 aromatic carbocycles. The number of hydrogen-bond acceptors (Lipinski definition) is 6. The fourth-order valence-corrected chi connectivity index (χ4v) is 4.52. The Morgan fingerprint density at radius 3 is 2.62 bits per heavy atom. The van der Waals surface area contributed by atoms with Crippen LogP contribution in [-0.4, -0.2) is 26.8 Å². The second-order valence-corrected chi connectivity index (χ2v) is 8.61. The number of carbonyl (C=O) groups is 1. The second kappa shape index (κ2) is 8.26. The number of nitrogens with one attached hydrogen (secondary N) is 1. The van der Waals surface area contributed by atoms with Crippen LogP contribution < -0.4 is 5.32 Å².